The molecular formula is C26H26N2O5. The van der Waals surface area contributed by atoms with Crippen LogP contribution in [-0.4, -0.2) is 34.8 Å². The maximum Gasteiger partial charge on any atom is 0.341 e. The van der Waals surface area contributed by atoms with Gasteiger partial charge in [-0.3, -0.25) is 4.79 Å². The number of carboxylic acids is 1. The van der Waals surface area contributed by atoms with Gasteiger partial charge >= 0.3 is 5.97 Å². The standard InChI is InChI=1S/C26H26N2O5/c1-2-12-32-15-19-10-11-21-20-8-3-4-9-22(20)28(24(21)25(19)33-16-23(29)30)14-17-6-5-7-18(13-17)26(27)31/h3-11,13H,2,12,14-16H2,1H3,(H2,27,31)(H,29,30). The number of fused-ring (bicyclic) bond motifs is 3. The summed E-state index contributed by atoms with van der Waals surface area (Å²) in [6, 6.07) is 19.1. The maximum absolute atomic E-state index is 11.7. The fourth-order valence-corrected chi connectivity index (χ4v) is 4.06. The summed E-state index contributed by atoms with van der Waals surface area (Å²) in [5.74, 6) is -1.04. The van der Waals surface area contributed by atoms with Crippen LogP contribution < -0.4 is 10.5 Å². The molecule has 1 amide bonds. The first-order valence-corrected chi connectivity index (χ1v) is 10.8. The van der Waals surface area contributed by atoms with Crippen LogP contribution in [-0.2, 0) is 22.7 Å². The molecular weight excluding hydrogens is 420 g/mol. The van der Waals surface area contributed by atoms with E-state index in [1.807, 2.05) is 49.4 Å². The van der Waals surface area contributed by atoms with E-state index in [1.54, 1.807) is 18.2 Å². The summed E-state index contributed by atoms with van der Waals surface area (Å²) in [4.78, 5) is 23.0. The summed E-state index contributed by atoms with van der Waals surface area (Å²) < 4.78 is 13.7. The van der Waals surface area contributed by atoms with Crippen LogP contribution in [0.4, 0.5) is 0 Å². The van der Waals surface area contributed by atoms with Crippen LogP contribution in [0, 0.1) is 0 Å². The first-order chi connectivity index (χ1) is 16.0. The van der Waals surface area contributed by atoms with Gasteiger partial charge in [0.25, 0.3) is 0 Å². The molecule has 3 aromatic carbocycles. The molecule has 4 rings (SSSR count). The lowest BCUT2D eigenvalue weighted by molar-refractivity contribution is -0.139. The SMILES string of the molecule is CCCOCc1ccc2c3ccccc3n(Cc3cccc(C(N)=O)c3)c2c1OCC(=O)O. The molecule has 0 fully saturated rings. The molecule has 3 N–H and O–H groups in total. The second-order valence-electron chi connectivity index (χ2n) is 7.85. The Labute approximate surface area is 191 Å². The van der Waals surface area contributed by atoms with Crippen molar-refractivity contribution in [2.24, 2.45) is 5.73 Å². The van der Waals surface area contributed by atoms with Crippen molar-refractivity contribution < 1.29 is 24.2 Å². The number of nitrogens with two attached hydrogens (primary N) is 1. The largest absolute Gasteiger partial charge is 0.479 e. The molecule has 0 saturated carbocycles. The van der Waals surface area contributed by atoms with Gasteiger partial charge in [0, 0.05) is 40.6 Å². The van der Waals surface area contributed by atoms with Gasteiger partial charge in [-0.2, -0.15) is 0 Å². The summed E-state index contributed by atoms with van der Waals surface area (Å²) in [6.45, 7) is 2.94. The predicted octanol–water partition coefficient (Wildman–Crippen LogP) is 4.33. The second kappa shape index (κ2) is 9.75. The van der Waals surface area contributed by atoms with Gasteiger partial charge in [-0.1, -0.05) is 49.4 Å². The van der Waals surface area contributed by atoms with Crippen molar-refractivity contribution in [2.45, 2.75) is 26.5 Å². The highest BCUT2D eigenvalue weighted by Gasteiger charge is 2.19. The summed E-state index contributed by atoms with van der Waals surface area (Å²) in [5.41, 5.74) is 9.35. The summed E-state index contributed by atoms with van der Waals surface area (Å²) in [5, 5.41) is 11.3. The highest BCUT2D eigenvalue weighted by Crippen LogP contribution is 2.38. The first-order valence-electron chi connectivity index (χ1n) is 10.8. The van der Waals surface area contributed by atoms with E-state index in [0.717, 1.165) is 39.4 Å². The van der Waals surface area contributed by atoms with E-state index in [0.29, 0.717) is 31.1 Å². The summed E-state index contributed by atoms with van der Waals surface area (Å²) in [6.07, 6.45) is 0.879. The average Bonchev–Trinajstić information content (AvgIpc) is 3.12. The van der Waals surface area contributed by atoms with Crippen molar-refractivity contribution in [3.63, 3.8) is 0 Å². The molecule has 1 aromatic heterocycles. The van der Waals surface area contributed by atoms with Crippen LogP contribution in [0.2, 0.25) is 0 Å². The van der Waals surface area contributed by atoms with Gasteiger partial charge in [0.2, 0.25) is 5.91 Å². The number of carbonyl (C=O) groups excluding carboxylic acids is 1. The molecule has 0 spiro atoms. The highest BCUT2D eigenvalue weighted by atomic mass is 16.5. The van der Waals surface area contributed by atoms with Crippen LogP contribution >= 0.6 is 0 Å². The van der Waals surface area contributed by atoms with Gasteiger partial charge < -0.3 is 24.9 Å². The zero-order valence-electron chi connectivity index (χ0n) is 18.4. The minimum absolute atomic E-state index is 0.317. The number of amides is 1. The second-order valence-corrected chi connectivity index (χ2v) is 7.85. The molecule has 33 heavy (non-hydrogen) atoms. The maximum atomic E-state index is 11.7. The molecule has 1 heterocycles. The third-order valence-corrected chi connectivity index (χ3v) is 5.47. The van der Waals surface area contributed by atoms with Crippen LogP contribution in [0.15, 0.2) is 60.7 Å². The Kier molecular flexibility index (Phi) is 6.60. The Bertz CT molecular complexity index is 1330. The number of para-hydroxylation sites is 1. The fraction of sp³-hybridized carbons (Fsp3) is 0.231. The smallest absolute Gasteiger partial charge is 0.341 e. The first kappa shape index (κ1) is 22.4. The van der Waals surface area contributed by atoms with E-state index < -0.39 is 18.5 Å². The minimum atomic E-state index is -1.05. The quantitative estimate of drug-likeness (QED) is 0.353. The number of aliphatic carboxylic acids is 1. The lowest BCUT2D eigenvalue weighted by Crippen LogP contribution is -2.13. The number of ether oxygens (including phenoxy) is 2. The summed E-state index contributed by atoms with van der Waals surface area (Å²) >= 11 is 0. The predicted molar refractivity (Wildman–Crippen MR) is 127 cm³/mol. The van der Waals surface area contributed by atoms with E-state index >= 15 is 0 Å². The van der Waals surface area contributed by atoms with Crippen LogP contribution in [0.5, 0.6) is 5.75 Å². The monoisotopic (exact) mass is 446 g/mol. The molecule has 0 saturated heterocycles. The van der Waals surface area contributed by atoms with Gasteiger partial charge in [0.1, 0.15) is 5.75 Å². The number of carbonyl (C=O) groups is 2. The number of rotatable bonds is 10. The normalized spacial score (nSPS) is 11.2. The average molecular weight is 447 g/mol. The lowest BCUT2D eigenvalue weighted by atomic mass is 10.1. The number of benzene rings is 3. The molecule has 4 aromatic rings. The van der Waals surface area contributed by atoms with Crippen molar-refractivity contribution in [1.82, 2.24) is 4.57 Å². The Morgan fingerprint density at radius 1 is 1.03 bits per heavy atom. The number of nitrogens with zero attached hydrogens (tertiary/aromatic N) is 1. The molecule has 7 nitrogen and oxygen atoms in total. The molecule has 0 atom stereocenters. The Morgan fingerprint density at radius 2 is 1.85 bits per heavy atom. The van der Waals surface area contributed by atoms with Gasteiger partial charge in [0.15, 0.2) is 6.61 Å². The van der Waals surface area contributed by atoms with Crippen molar-refractivity contribution in [3.8, 4) is 5.75 Å². The molecule has 0 bridgehead atoms. The van der Waals surface area contributed by atoms with Gasteiger partial charge in [-0.25, -0.2) is 4.79 Å². The van der Waals surface area contributed by atoms with Crippen LogP contribution in [0.25, 0.3) is 21.8 Å². The highest BCUT2D eigenvalue weighted by molar-refractivity contribution is 6.10. The number of hydrogen-bond donors (Lipinski definition) is 2. The van der Waals surface area contributed by atoms with Gasteiger partial charge in [-0.05, 0) is 30.2 Å². The fourth-order valence-electron chi connectivity index (χ4n) is 4.06. The van der Waals surface area contributed by atoms with Crippen LogP contribution in [0.1, 0.15) is 34.8 Å². The van der Waals surface area contributed by atoms with Gasteiger partial charge in [0.05, 0.1) is 12.1 Å². The zero-order valence-corrected chi connectivity index (χ0v) is 18.4. The third kappa shape index (κ3) is 4.68. The molecule has 0 aliphatic carbocycles. The van der Waals surface area contributed by atoms with E-state index in [9.17, 15) is 14.7 Å². The zero-order chi connectivity index (χ0) is 23.4. The third-order valence-electron chi connectivity index (χ3n) is 5.47. The van der Waals surface area contributed by atoms with E-state index in [4.69, 9.17) is 15.2 Å². The topological polar surface area (TPSA) is 104 Å². The number of primary amides is 1. The lowest BCUT2D eigenvalue weighted by Gasteiger charge is -2.15. The van der Waals surface area contributed by atoms with Crippen molar-refractivity contribution in [3.05, 3.63) is 77.4 Å². The van der Waals surface area contributed by atoms with E-state index in [2.05, 4.69) is 4.57 Å². The Morgan fingerprint density at radius 3 is 2.61 bits per heavy atom. The summed E-state index contributed by atoms with van der Waals surface area (Å²) in [7, 11) is 0. The van der Waals surface area contributed by atoms with Gasteiger partial charge in [-0.15, -0.1) is 0 Å². The molecule has 7 heteroatoms. The number of carboxylic acid groups (broad SMARTS) is 1. The Balaban J connectivity index is 1.92. The molecule has 0 radical (unpaired) electrons. The minimum Gasteiger partial charge on any atom is -0.479 e. The van der Waals surface area contributed by atoms with E-state index in [-0.39, 0.29) is 0 Å². The Hall–Kier alpha value is -3.84. The van der Waals surface area contributed by atoms with Crippen molar-refractivity contribution >= 4 is 33.7 Å². The molecule has 0 aliphatic heterocycles. The number of hydrogen-bond acceptors (Lipinski definition) is 4. The molecule has 170 valence electrons. The van der Waals surface area contributed by atoms with E-state index in [1.165, 1.54) is 0 Å². The number of aromatic nitrogens is 1. The molecule has 0 aliphatic rings. The van der Waals surface area contributed by atoms with Crippen molar-refractivity contribution in [1.29, 1.82) is 0 Å². The van der Waals surface area contributed by atoms with Crippen molar-refractivity contribution in [2.75, 3.05) is 13.2 Å². The molecule has 0 unspecified atom stereocenters. The van der Waals surface area contributed by atoms with Crippen LogP contribution in [0.3, 0.4) is 0 Å².